The van der Waals surface area contributed by atoms with E-state index in [4.69, 9.17) is 5.73 Å². The summed E-state index contributed by atoms with van der Waals surface area (Å²) in [5, 5.41) is 0. The molecule has 0 saturated heterocycles. The van der Waals surface area contributed by atoms with Crippen LogP contribution in [-0.2, 0) is 13.0 Å². The van der Waals surface area contributed by atoms with Crippen LogP contribution in [0.3, 0.4) is 0 Å². The molecule has 0 atom stereocenters. The van der Waals surface area contributed by atoms with Crippen molar-refractivity contribution in [3.05, 3.63) is 58.9 Å². The van der Waals surface area contributed by atoms with Crippen molar-refractivity contribution in [1.29, 1.82) is 0 Å². The summed E-state index contributed by atoms with van der Waals surface area (Å²) in [6.07, 6.45) is 2.12. The normalized spacial score (nSPS) is 14.2. The summed E-state index contributed by atoms with van der Waals surface area (Å²) in [5.41, 5.74) is 11.5. The third-order valence-corrected chi connectivity index (χ3v) is 4.06. The summed E-state index contributed by atoms with van der Waals surface area (Å²) in [7, 11) is 0. The Kier molecular flexibility index (Phi) is 3.35. The lowest BCUT2D eigenvalue weighted by atomic mass is 9.98. The van der Waals surface area contributed by atoms with Crippen molar-refractivity contribution >= 4 is 11.4 Å². The number of hydrogen-bond donors (Lipinski definition) is 1. The van der Waals surface area contributed by atoms with Gasteiger partial charge in [0.25, 0.3) is 0 Å². The minimum Gasteiger partial charge on any atom is -0.398 e. The molecule has 0 radical (unpaired) electrons. The minimum atomic E-state index is -0.171. The van der Waals surface area contributed by atoms with Gasteiger partial charge in [-0.1, -0.05) is 12.1 Å². The molecule has 0 aromatic heterocycles. The maximum atomic E-state index is 13.4. The number of halogens is 1. The molecule has 0 fully saturated rings. The second-order valence-electron chi connectivity index (χ2n) is 5.44. The van der Waals surface area contributed by atoms with E-state index in [2.05, 4.69) is 11.0 Å². The largest absolute Gasteiger partial charge is 0.398 e. The Hall–Kier alpha value is -2.03. The number of hydrogen-bond acceptors (Lipinski definition) is 2. The maximum Gasteiger partial charge on any atom is 0.123 e. The molecule has 0 bridgehead atoms. The van der Waals surface area contributed by atoms with Crippen LogP contribution < -0.4 is 10.6 Å². The highest BCUT2D eigenvalue weighted by Crippen LogP contribution is 2.32. The molecule has 0 spiro atoms. The van der Waals surface area contributed by atoms with E-state index in [1.807, 2.05) is 25.1 Å². The fourth-order valence-electron chi connectivity index (χ4n) is 2.91. The number of nitrogens with zero attached hydrogens (tertiary/aromatic N) is 1. The van der Waals surface area contributed by atoms with E-state index in [1.165, 1.54) is 17.3 Å². The first-order valence-electron chi connectivity index (χ1n) is 7.02. The number of anilines is 2. The third-order valence-electron chi connectivity index (χ3n) is 4.06. The van der Waals surface area contributed by atoms with Crippen LogP contribution in [0.1, 0.15) is 23.1 Å². The van der Waals surface area contributed by atoms with Crippen LogP contribution in [-0.4, -0.2) is 6.54 Å². The van der Waals surface area contributed by atoms with Crippen LogP contribution in [0.5, 0.6) is 0 Å². The summed E-state index contributed by atoms with van der Waals surface area (Å²) < 4.78 is 13.4. The maximum absolute atomic E-state index is 13.4. The van der Waals surface area contributed by atoms with E-state index in [0.717, 1.165) is 42.7 Å². The van der Waals surface area contributed by atoms with Gasteiger partial charge in [0.2, 0.25) is 0 Å². The molecule has 1 aliphatic heterocycles. The van der Waals surface area contributed by atoms with Gasteiger partial charge in [-0.05, 0) is 60.7 Å². The van der Waals surface area contributed by atoms with E-state index >= 15 is 0 Å². The van der Waals surface area contributed by atoms with Crippen molar-refractivity contribution in [2.24, 2.45) is 0 Å². The molecular formula is C17H19FN2. The Morgan fingerprint density at radius 3 is 2.95 bits per heavy atom. The Labute approximate surface area is 119 Å². The molecule has 0 saturated carbocycles. The number of benzene rings is 2. The van der Waals surface area contributed by atoms with Gasteiger partial charge in [0.1, 0.15) is 5.82 Å². The third kappa shape index (κ3) is 2.36. The van der Waals surface area contributed by atoms with Gasteiger partial charge in [-0.25, -0.2) is 4.39 Å². The Morgan fingerprint density at radius 2 is 2.10 bits per heavy atom. The first-order valence-corrected chi connectivity index (χ1v) is 7.02. The van der Waals surface area contributed by atoms with Crippen molar-refractivity contribution in [2.45, 2.75) is 26.3 Å². The predicted molar refractivity (Wildman–Crippen MR) is 81.4 cm³/mol. The van der Waals surface area contributed by atoms with E-state index < -0.39 is 0 Å². The Morgan fingerprint density at radius 1 is 1.25 bits per heavy atom. The van der Waals surface area contributed by atoms with Crippen LogP contribution >= 0.6 is 0 Å². The van der Waals surface area contributed by atoms with Gasteiger partial charge < -0.3 is 10.6 Å². The molecule has 0 aliphatic carbocycles. The first kappa shape index (κ1) is 13.0. The fourth-order valence-corrected chi connectivity index (χ4v) is 2.91. The lowest BCUT2D eigenvalue weighted by molar-refractivity contribution is 0.622. The minimum absolute atomic E-state index is 0.171. The van der Waals surface area contributed by atoms with E-state index in [0.29, 0.717) is 0 Å². The van der Waals surface area contributed by atoms with Crippen molar-refractivity contribution in [3.8, 4) is 0 Å². The average Bonchev–Trinajstić information content (AvgIpc) is 2.44. The van der Waals surface area contributed by atoms with E-state index in [-0.39, 0.29) is 5.82 Å². The van der Waals surface area contributed by atoms with Crippen LogP contribution in [0.4, 0.5) is 15.8 Å². The lowest BCUT2D eigenvalue weighted by Crippen LogP contribution is -2.29. The fraction of sp³-hybridized carbons (Fsp3) is 0.294. The summed E-state index contributed by atoms with van der Waals surface area (Å²) in [5.74, 6) is -0.171. The highest BCUT2D eigenvalue weighted by atomic mass is 19.1. The molecule has 104 valence electrons. The standard InChI is InChI=1S/C17H19FN2/c1-12-7-8-14(18)10-13(12)11-20-9-3-4-15-16(19)5-2-6-17(15)20/h2,5-8,10H,3-4,9,11,19H2,1H3. The second kappa shape index (κ2) is 5.16. The Balaban J connectivity index is 1.94. The number of fused-ring (bicyclic) bond motifs is 1. The molecule has 3 heteroatoms. The smallest absolute Gasteiger partial charge is 0.123 e. The van der Waals surface area contributed by atoms with Crippen LogP contribution in [0, 0.1) is 12.7 Å². The zero-order chi connectivity index (χ0) is 14.1. The summed E-state index contributed by atoms with van der Waals surface area (Å²) in [6.45, 7) is 3.76. The predicted octanol–water partition coefficient (Wildman–Crippen LogP) is 3.67. The molecule has 2 N–H and O–H groups in total. The van der Waals surface area contributed by atoms with Crippen LogP contribution in [0.2, 0.25) is 0 Å². The lowest BCUT2D eigenvalue weighted by Gasteiger charge is -2.32. The molecule has 2 aromatic rings. The highest BCUT2D eigenvalue weighted by molar-refractivity contribution is 5.66. The van der Waals surface area contributed by atoms with Crippen LogP contribution in [0.15, 0.2) is 36.4 Å². The highest BCUT2D eigenvalue weighted by Gasteiger charge is 2.19. The number of aryl methyl sites for hydroxylation is 1. The molecule has 20 heavy (non-hydrogen) atoms. The summed E-state index contributed by atoms with van der Waals surface area (Å²) in [4.78, 5) is 2.30. The zero-order valence-corrected chi connectivity index (χ0v) is 11.7. The van der Waals surface area contributed by atoms with Gasteiger partial charge in [0.15, 0.2) is 0 Å². The topological polar surface area (TPSA) is 29.3 Å². The average molecular weight is 270 g/mol. The molecule has 0 amide bonds. The molecule has 2 nitrogen and oxygen atoms in total. The van der Waals surface area contributed by atoms with Gasteiger partial charge in [-0.15, -0.1) is 0 Å². The van der Waals surface area contributed by atoms with Crippen molar-refractivity contribution in [3.63, 3.8) is 0 Å². The summed E-state index contributed by atoms with van der Waals surface area (Å²) >= 11 is 0. The molecule has 3 rings (SSSR count). The van der Waals surface area contributed by atoms with Gasteiger partial charge in [0, 0.05) is 24.5 Å². The molecule has 1 heterocycles. The zero-order valence-electron chi connectivity index (χ0n) is 11.7. The molecule has 0 unspecified atom stereocenters. The molecular weight excluding hydrogens is 251 g/mol. The van der Waals surface area contributed by atoms with E-state index in [1.54, 1.807) is 6.07 Å². The number of nitrogen functional groups attached to an aromatic ring is 1. The van der Waals surface area contributed by atoms with Crippen molar-refractivity contribution in [1.82, 2.24) is 0 Å². The van der Waals surface area contributed by atoms with Gasteiger partial charge >= 0.3 is 0 Å². The quantitative estimate of drug-likeness (QED) is 0.844. The van der Waals surface area contributed by atoms with Crippen molar-refractivity contribution < 1.29 is 4.39 Å². The Bertz CT molecular complexity index is 637. The van der Waals surface area contributed by atoms with E-state index in [9.17, 15) is 4.39 Å². The SMILES string of the molecule is Cc1ccc(F)cc1CN1CCCc2c(N)cccc21. The van der Waals surface area contributed by atoms with Gasteiger partial charge in [-0.3, -0.25) is 0 Å². The summed E-state index contributed by atoms with van der Waals surface area (Å²) in [6, 6.07) is 11.0. The van der Waals surface area contributed by atoms with Crippen LogP contribution in [0.25, 0.3) is 0 Å². The first-order chi connectivity index (χ1) is 9.65. The van der Waals surface area contributed by atoms with Gasteiger partial charge in [0.05, 0.1) is 0 Å². The number of rotatable bonds is 2. The number of nitrogens with two attached hydrogens (primary N) is 1. The second-order valence-corrected chi connectivity index (χ2v) is 5.44. The molecule has 1 aliphatic rings. The monoisotopic (exact) mass is 270 g/mol. The van der Waals surface area contributed by atoms with Gasteiger partial charge in [-0.2, -0.15) is 0 Å². The molecule has 2 aromatic carbocycles. The van der Waals surface area contributed by atoms with Crippen molar-refractivity contribution in [2.75, 3.05) is 17.2 Å².